The largest absolute Gasteiger partial charge is 0.480 e. The Kier molecular flexibility index (Phi) is 5.58. The monoisotopic (exact) mass is 326 g/mol. The van der Waals surface area contributed by atoms with Crippen LogP contribution in [0.4, 0.5) is 5.69 Å². The van der Waals surface area contributed by atoms with Crippen LogP contribution in [0.25, 0.3) is 0 Å². The molecule has 0 aliphatic heterocycles. The number of hydrogen-bond donors (Lipinski definition) is 2. The summed E-state index contributed by atoms with van der Waals surface area (Å²) in [4.78, 5) is 23.5. The van der Waals surface area contributed by atoms with Gasteiger partial charge >= 0.3 is 0 Å². The summed E-state index contributed by atoms with van der Waals surface area (Å²) < 4.78 is 5.89. The zero-order chi connectivity index (χ0) is 17.7. The first-order valence-corrected chi connectivity index (χ1v) is 7.85. The van der Waals surface area contributed by atoms with E-state index in [-0.39, 0.29) is 5.91 Å². The van der Waals surface area contributed by atoms with Crippen LogP contribution >= 0.6 is 0 Å². The van der Waals surface area contributed by atoms with E-state index in [4.69, 9.17) is 10.5 Å². The van der Waals surface area contributed by atoms with Gasteiger partial charge in [-0.2, -0.15) is 0 Å². The van der Waals surface area contributed by atoms with E-state index in [2.05, 4.69) is 5.32 Å². The Labute approximate surface area is 141 Å². The number of benzene rings is 2. The van der Waals surface area contributed by atoms with Gasteiger partial charge in [0.05, 0.1) is 0 Å². The fraction of sp³-hybridized carbons (Fsp3) is 0.263. The molecule has 5 nitrogen and oxygen atoms in total. The Morgan fingerprint density at radius 2 is 1.79 bits per heavy atom. The number of nitrogens with one attached hydrogen (secondary N) is 1. The highest BCUT2D eigenvalue weighted by atomic mass is 16.5. The van der Waals surface area contributed by atoms with Crippen molar-refractivity contribution in [3.05, 3.63) is 59.2 Å². The van der Waals surface area contributed by atoms with E-state index in [1.165, 1.54) is 0 Å². The van der Waals surface area contributed by atoms with Crippen LogP contribution < -0.4 is 15.8 Å². The maximum Gasteiger partial charge on any atom is 0.265 e. The number of rotatable bonds is 6. The maximum atomic E-state index is 12.4. The van der Waals surface area contributed by atoms with Gasteiger partial charge in [0, 0.05) is 11.3 Å². The fourth-order valence-electron chi connectivity index (χ4n) is 2.25. The van der Waals surface area contributed by atoms with Gasteiger partial charge in [0.15, 0.2) is 6.10 Å². The van der Waals surface area contributed by atoms with Crippen LogP contribution in [0.1, 0.15) is 34.8 Å². The molecule has 0 aromatic heterocycles. The lowest BCUT2D eigenvalue weighted by Crippen LogP contribution is -2.32. The first kappa shape index (κ1) is 17.5. The SMILES string of the molecule is CC[C@H](Oc1cc(C)ccc1C)C(=O)Nc1ccc(C(N)=O)cc1. The molecule has 2 aromatic carbocycles. The summed E-state index contributed by atoms with van der Waals surface area (Å²) in [5.74, 6) is -0.0242. The second-order valence-corrected chi connectivity index (χ2v) is 5.71. The number of hydrogen-bond acceptors (Lipinski definition) is 3. The third-order valence-corrected chi connectivity index (χ3v) is 3.71. The summed E-state index contributed by atoms with van der Waals surface area (Å²) in [7, 11) is 0. The Hall–Kier alpha value is -2.82. The van der Waals surface area contributed by atoms with E-state index < -0.39 is 12.0 Å². The maximum absolute atomic E-state index is 12.4. The number of aryl methyl sites for hydroxylation is 2. The lowest BCUT2D eigenvalue weighted by molar-refractivity contribution is -0.122. The van der Waals surface area contributed by atoms with Crippen LogP contribution in [0.5, 0.6) is 5.75 Å². The van der Waals surface area contributed by atoms with Crippen LogP contribution in [0.3, 0.4) is 0 Å². The molecule has 0 spiro atoms. The highest BCUT2D eigenvalue weighted by molar-refractivity contribution is 5.96. The van der Waals surface area contributed by atoms with Crippen LogP contribution in [0, 0.1) is 13.8 Å². The van der Waals surface area contributed by atoms with Crippen molar-refractivity contribution < 1.29 is 14.3 Å². The molecule has 0 aliphatic rings. The predicted molar refractivity (Wildman–Crippen MR) is 94.2 cm³/mol. The lowest BCUT2D eigenvalue weighted by Gasteiger charge is -2.19. The average Bonchev–Trinajstić information content (AvgIpc) is 2.56. The Balaban J connectivity index is 2.08. The minimum Gasteiger partial charge on any atom is -0.480 e. The van der Waals surface area contributed by atoms with Crippen molar-refractivity contribution in [2.75, 3.05) is 5.32 Å². The normalized spacial score (nSPS) is 11.6. The number of carbonyl (C=O) groups excluding carboxylic acids is 2. The quantitative estimate of drug-likeness (QED) is 0.855. The highest BCUT2D eigenvalue weighted by Gasteiger charge is 2.19. The van der Waals surface area contributed by atoms with Gasteiger partial charge in [-0.25, -0.2) is 0 Å². The first-order chi connectivity index (χ1) is 11.4. The Morgan fingerprint density at radius 3 is 2.38 bits per heavy atom. The number of nitrogens with two attached hydrogens (primary N) is 1. The summed E-state index contributed by atoms with van der Waals surface area (Å²) in [6.07, 6.45) is -0.0557. The summed E-state index contributed by atoms with van der Waals surface area (Å²) in [6, 6.07) is 12.3. The number of amides is 2. The predicted octanol–water partition coefficient (Wildman–Crippen LogP) is 3.20. The summed E-state index contributed by atoms with van der Waals surface area (Å²) >= 11 is 0. The molecule has 0 unspecified atom stereocenters. The van der Waals surface area contributed by atoms with E-state index in [1.807, 2.05) is 39.0 Å². The van der Waals surface area contributed by atoms with Gasteiger partial charge in [-0.15, -0.1) is 0 Å². The molecule has 0 heterocycles. The second kappa shape index (κ2) is 7.64. The van der Waals surface area contributed by atoms with Gasteiger partial charge < -0.3 is 15.8 Å². The average molecular weight is 326 g/mol. The lowest BCUT2D eigenvalue weighted by atomic mass is 10.1. The minimum atomic E-state index is -0.596. The number of primary amides is 1. The number of carbonyl (C=O) groups is 2. The summed E-state index contributed by atoms with van der Waals surface area (Å²) in [5.41, 5.74) is 8.25. The van der Waals surface area contributed by atoms with Gasteiger partial charge in [-0.1, -0.05) is 19.1 Å². The van der Waals surface area contributed by atoms with E-state index in [1.54, 1.807) is 24.3 Å². The molecule has 2 amide bonds. The molecule has 126 valence electrons. The summed E-state index contributed by atoms with van der Waals surface area (Å²) in [6.45, 7) is 5.82. The molecule has 24 heavy (non-hydrogen) atoms. The van der Waals surface area contributed by atoms with Crippen molar-refractivity contribution in [3.63, 3.8) is 0 Å². The molecule has 0 saturated heterocycles. The minimum absolute atomic E-state index is 0.231. The topological polar surface area (TPSA) is 81.4 Å². The van der Waals surface area contributed by atoms with Crippen LogP contribution in [-0.4, -0.2) is 17.9 Å². The standard InChI is InChI=1S/C19H22N2O3/c1-4-16(24-17-11-12(2)5-6-13(17)3)19(23)21-15-9-7-14(8-10-15)18(20)22/h5-11,16H,4H2,1-3H3,(H2,20,22)(H,21,23)/t16-/m0/s1. The molecule has 0 bridgehead atoms. The molecule has 0 fully saturated rings. The van der Waals surface area contributed by atoms with Crippen LogP contribution in [0.2, 0.25) is 0 Å². The second-order valence-electron chi connectivity index (χ2n) is 5.71. The van der Waals surface area contributed by atoms with Gasteiger partial charge in [0.1, 0.15) is 5.75 Å². The van der Waals surface area contributed by atoms with Gasteiger partial charge in [-0.05, 0) is 61.7 Å². The summed E-state index contributed by atoms with van der Waals surface area (Å²) in [5, 5.41) is 2.80. The molecule has 5 heteroatoms. The van der Waals surface area contributed by atoms with Crippen molar-refractivity contribution in [3.8, 4) is 5.75 Å². The van der Waals surface area contributed by atoms with Gasteiger partial charge in [-0.3, -0.25) is 9.59 Å². The van der Waals surface area contributed by atoms with E-state index >= 15 is 0 Å². The van der Waals surface area contributed by atoms with E-state index in [9.17, 15) is 9.59 Å². The molecule has 1 atom stereocenters. The third kappa shape index (κ3) is 4.35. The Morgan fingerprint density at radius 1 is 1.12 bits per heavy atom. The van der Waals surface area contributed by atoms with E-state index in [0.717, 1.165) is 11.1 Å². The molecular formula is C19H22N2O3. The molecule has 0 aliphatic carbocycles. The number of ether oxygens (including phenoxy) is 1. The zero-order valence-corrected chi connectivity index (χ0v) is 14.1. The third-order valence-electron chi connectivity index (χ3n) is 3.71. The first-order valence-electron chi connectivity index (χ1n) is 7.85. The molecule has 0 radical (unpaired) electrons. The van der Waals surface area contributed by atoms with Crippen molar-refractivity contribution in [1.82, 2.24) is 0 Å². The number of anilines is 1. The van der Waals surface area contributed by atoms with Crippen molar-refractivity contribution in [2.24, 2.45) is 5.73 Å². The van der Waals surface area contributed by atoms with Gasteiger partial charge in [0.25, 0.3) is 5.91 Å². The molecule has 3 N–H and O–H groups in total. The van der Waals surface area contributed by atoms with Crippen molar-refractivity contribution in [2.45, 2.75) is 33.3 Å². The van der Waals surface area contributed by atoms with Crippen LogP contribution in [0.15, 0.2) is 42.5 Å². The molecule has 0 saturated carbocycles. The molecular weight excluding hydrogens is 304 g/mol. The highest BCUT2D eigenvalue weighted by Crippen LogP contribution is 2.22. The smallest absolute Gasteiger partial charge is 0.265 e. The van der Waals surface area contributed by atoms with Gasteiger partial charge in [0.2, 0.25) is 5.91 Å². The van der Waals surface area contributed by atoms with E-state index in [0.29, 0.717) is 23.4 Å². The zero-order valence-electron chi connectivity index (χ0n) is 14.1. The fourth-order valence-corrected chi connectivity index (χ4v) is 2.25. The van der Waals surface area contributed by atoms with Crippen LogP contribution in [-0.2, 0) is 4.79 Å². The molecule has 2 aromatic rings. The molecule has 2 rings (SSSR count). The van der Waals surface area contributed by atoms with Crippen molar-refractivity contribution >= 4 is 17.5 Å². The Bertz CT molecular complexity index is 739. The van der Waals surface area contributed by atoms with Crippen molar-refractivity contribution in [1.29, 1.82) is 0 Å².